The zero-order chi connectivity index (χ0) is 26.3. The smallest absolute Gasteiger partial charge is 0.339 e. The van der Waals surface area contributed by atoms with Crippen molar-refractivity contribution in [2.75, 3.05) is 13.7 Å². The van der Waals surface area contributed by atoms with E-state index < -0.39 is 16.0 Å². The van der Waals surface area contributed by atoms with E-state index in [1.165, 1.54) is 55.8 Å². The van der Waals surface area contributed by atoms with Gasteiger partial charge in [0.1, 0.15) is 11.5 Å². The van der Waals surface area contributed by atoms with E-state index in [0.29, 0.717) is 22.1 Å². The van der Waals surface area contributed by atoms with E-state index in [4.69, 9.17) is 48.5 Å². The molecule has 3 aromatic rings. The summed E-state index contributed by atoms with van der Waals surface area (Å²) < 4.78 is 40.9. The van der Waals surface area contributed by atoms with E-state index in [0.717, 1.165) is 0 Å². The highest BCUT2D eigenvalue weighted by molar-refractivity contribution is 7.87. The van der Waals surface area contributed by atoms with Gasteiger partial charge in [0.05, 0.1) is 23.4 Å². The number of carbonyl (C=O) groups is 1. The Morgan fingerprint density at radius 3 is 2.31 bits per heavy atom. The number of methoxy groups -OCH3 is 1. The molecule has 0 fully saturated rings. The molecule has 0 unspecified atom stereocenters. The van der Waals surface area contributed by atoms with Crippen LogP contribution in [0.2, 0.25) is 15.1 Å². The van der Waals surface area contributed by atoms with Gasteiger partial charge in [-0.3, -0.25) is 4.79 Å². The van der Waals surface area contributed by atoms with Gasteiger partial charge in [-0.25, -0.2) is 5.43 Å². The molecule has 0 heterocycles. The third kappa shape index (κ3) is 6.92. The molecule has 0 aliphatic heterocycles. The average molecular weight is 570 g/mol. The maximum absolute atomic E-state index is 12.5. The summed E-state index contributed by atoms with van der Waals surface area (Å²) >= 11 is 18.2. The first-order valence-corrected chi connectivity index (χ1v) is 12.6. The number of ether oxygens (including phenoxy) is 2. The van der Waals surface area contributed by atoms with Gasteiger partial charge >= 0.3 is 10.1 Å². The lowest BCUT2D eigenvalue weighted by molar-refractivity contribution is 0.0954. The Hall–Kier alpha value is -3.24. The van der Waals surface area contributed by atoms with E-state index in [9.17, 15) is 13.2 Å². The molecule has 8 nitrogen and oxygen atoms in total. The average Bonchev–Trinajstić information content (AvgIpc) is 2.85. The lowest BCUT2D eigenvalue weighted by atomic mass is 10.2. The van der Waals surface area contributed by atoms with Gasteiger partial charge in [0, 0.05) is 10.6 Å². The van der Waals surface area contributed by atoms with Crippen LogP contribution >= 0.6 is 34.8 Å². The Morgan fingerprint density at radius 1 is 1.03 bits per heavy atom. The second-order valence-electron chi connectivity index (χ2n) is 6.97. The number of nitrogens with one attached hydrogen (secondary N) is 1. The monoisotopic (exact) mass is 568 g/mol. The van der Waals surface area contributed by atoms with Crippen molar-refractivity contribution in [2.24, 2.45) is 5.10 Å². The Morgan fingerprint density at radius 2 is 1.69 bits per heavy atom. The van der Waals surface area contributed by atoms with Gasteiger partial charge < -0.3 is 13.7 Å². The van der Waals surface area contributed by atoms with Crippen LogP contribution in [0.5, 0.6) is 17.2 Å². The van der Waals surface area contributed by atoms with Gasteiger partial charge in [-0.15, -0.1) is 0 Å². The molecular formula is C24H19Cl3N2O6S. The fraction of sp³-hybridized carbons (Fsp3) is 0.0833. The van der Waals surface area contributed by atoms with Crippen molar-refractivity contribution >= 4 is 57.0 Å². The summed E-state index contributed by atoms with van der Waals surface area (Å²) in [5.74, 6) is 0.0738. The maximum Gasteiger partial charge on any atom is 0.339 e. The fourth-order valence-electron chi connectivity index (χ4n) is 2.80. The molecule has 0 spiro atoms. The molecule has 1 N–H and O–H groups in total. The molecule has 0 aliphatic carbocycles. The summed E-state index contributed by atoms with van der Waals surface area (Å²) in [6.07, 6.45) is 2.87. The molecule has 0 atom stereocenters. The first-order chi connectivity index (χ1) is 17.1. The highest BCUT2D eigenvalue weighted by atomic mass is 35.5. The minimum atomic E-state index is -4.20. The number of benzene rings is 3. The number of hydrogen-bond acceptors (Lipinski definition) is 7. The topological polar surface area (TPSA) is 103 Å². The molecule has 188 valence electrons. The summed E-state index contributed by atoms with van der Waals surface area (Å²) in [5, 5.41) is 4.11. The predicted octanol–water partition coefficient (Wildman–Crippen LogP) is 5.75. The second kappa shape index (κ2) is 12.1. The van der Waals surface area contributed by atoms with Crippen molar-refractivity contribution in [1.82, 2.24) is 5.43 Å². The molecule has 3 rings (SSSR count). The van der Waals surface area contributed by atoms with Crippen molar-refractivity contribution in [3.8, 4) is 17.2 Å². The minimum Gasteiger partial charge on any atom is -0.493 e. The van der Waals surface area contributed by atoms with Gasteiger partial charge in [-0.1, -0.05) is 47.5 Å². The zero-order valence-electron chi connectivity index (χ0n) is 18.7. The number of hydrogen-bond donors (Lipinski definition) is 1. The molecule has 0 bridgehead atoms. The first-order valence-electron chi connectivity index (χ1n) is 10.1. The lowest BCUT2D eigenvalue weighted by Crippen LogP contribution is -2.17. The van der Waals surface area contributed by atoms with Crippen LogP contribution in [0.15, 0.2) is 77.2 Å². The van der Waals surface area contributed by atoms with Crippen LogP contribution in [0.25, 0.3) is 0 Å². The van der Waals surface area contributed by atoms with Crippen LogP contribution in [-0.4, -0.2) is 34.3 Å². The first kappa shape index (κ1) is 27.3. The zero-order valence-corrected chi connectivity index (χ0v) is 21.8. The summed E-state index contributed by atoms with van der Waals surface area (Å²) in [5.41, 5.74) is 3.03. The van der Waals surface area contributed by atoms with Crippen LogP contribution in [0, 0.1) is 0 Å². The van der Waals surface area contributed by atoms with Crippen LogP contribution < -0.4 is 19.1 Å². The van der Waals surface area contributed by atoms with Gasteiger partial charge in [-0.05, 0) is 60.2 Å². The normalized spacial score (nSPS) is 11.2. The van der Waals surface area contributed by atoms with Crippen LogP contribution in [-0.2, 0) is 10.1 Å². The molecule has 0 aromatic heterocycles. The van der Waals surface area contributed by atoms with E-state index >= 15 is 0 Å². The molecule has 0 aliphatic rings. The second-order valence-corrected chi connectivity index (χ2v) is 9.77. The van der Waals surface area contributed by atoms with E-state index in [2.05, 4.69) is 17.1 Å². The van der Waals surface area contributed by atoms with Crippen molar-refractivity contribution in [3.63, 3.8) is 0 Å². The Labute approximate surface area is 223 Å². The van der Waals surface area contributed by atoms with Gasteiger partial charge in [-0.2, -0.15) is 13.5 Å². The molecule has 0 radical (unpaired) electrons. The van der Waals surface area contributed by atoms with E-state index in [1.807, 2.05) is 0 Å². The van der Waals surface area contributed by atoms with Crippen molar-refractivity contribution < 1.29 is 26.9 Å². The standard InChI is InChI=1S/C24H19Cl3N2O6S/c1-3-10-34-21-9-4-16(13-22(21)33-2)24(30)29-28-14-15-11-19(26)23(20(27)12-15)35-36(31,32)18-7-5-17(25)6-8-18/h3-9,11-14H,1,10H2,2H3,(H,29,30)/b28-14+. The minimum absolute atomic E-state index is 0.0762. The molecule has 0 saturated heterocycles. The summed E-state index contributed by atoms with van der Waals surface area (Å²) in [7, 11) is -2.75. The summed E-state index contributed by atoms with van der Waals surface area (Å²) in [4.78, 5) is 12.3. The SMILES string of the molecule is C=CCOc1ccc(C(=O)N/N=C/c2cc(Cl)c(OS(=O)(=O)c3ccc(Cl)cc3)c(Cl)c2)cc1OC. The van der Waals surface area contributed by atoms with Crippen molar-refractivity contribution in [3.05, 3.63) is 93.4 Å². The molecule has 12 heteroatoms. The van der Waals surface area contributed by atoms with Crippen molar-refractivity contribution in [2.45, 2.75) is 4.90 Å². The van der Waals surface area contributed by atoms with E-state index in [1.54, 1.807) is 18.2 Å². The predicted molar refractivity (Wildman–Crippen MR) is 139 cm³/mol. The fourth-order valence-corrected chi connectivity index (χ4v) is 4.56. The van der Waals surface area contributed by atoms with Crippen LogP contribution in [0.3, 0.4) is 0 Å². The summed E-state index contributed by atoms with van der Waals surface area (Å²) in [6.45, 7) is 3.87. The number of nitrogens with zero attached hydrogens (tertiary/aromatic N) is 1. The molecule has 36 heavy (non-hydrogen) atoms. The summed E-state index contributed by atoms with van der Waals surface area (Å²) in [6, 6.07) is 12.8. The largest absolute Gasteiger partial charge is 0.493 e. The third-order valence-corrected chi connectivity index (χ3v) is 6.53. The quantitative estimate of drug-likeness (QED) is 0.144. The maximum atomic E-state index is 12.5. The van der Waals surface area contributed by atoms with Crippen LogP contribution in [0.1, 0.15) is 15.9 Å². The lowest BCUT2D eigenvalue weighted by Gasteiger charge is -2.11. The molecule has 0 saturated carbocycles. The highest BCUT2D eigenvalue weighted by Crippen LogP contribution is 2.36. The van der Waals surface area contributed by atoms with E-state index in [-0.39, 0.29) is 32.9 Å². The van der Waals surface area contributed by atoms with Crippen LogP contribution in [0.4, 0.5) is 0 Å². The number of rotatable bonds is 10. The number of amides is 1. The van der Waals surface area contributed by atoms with Gasteiger partial charge in [0.2, 0.25) is 0 Å². The molecule has 1 amide bonds. The molecular weight excluding hydrogens is 551 g/mol. The van der Waals surface area contributed by atoms with Crippen molar-refractivity contribution in [1.29, 1.82) is 0 Å². The Kier molecular flexibility index (Phi) is 9.22. The number of carbonyl (C=O) groups excluding carboxylic acids is 1. The Bertz CT molecular complexity index is 1390. The molecule has 3 aromatic carbocycles. The van der Waals surface area contributed by atoms with Gasteiger partial charge in [0.15, 0.2) is 17.2 Å². The number of halogens is 3. The van der Waals surface area contributed by atoms with Gasteiger partial charge in [0.25, 0.3) is 5.91 Å². The number of hydrazone groups is 1. The highest BCUT2D eigenvalue weighted by Gasteiger charge is 2.21. The third-order valence-electron chi connectivity index (χ3n) is 4.48. The Balaban J connectivity index is 1.71.